The standard InChI is InChI=1S/C13H14N4S/c1-9-4-5-13(16-12(9)6-14)17(3)7-11-8-18-10(2)15-11/h4-5,8H,7H2,1-3H3. The molecule has 2 rings (SSSR count). The van der Waals surface area contributed by atoms with Gasteiger partial charge in [0.1, 0.15) is 17.6 Å². The average Bonchev–Trinajstić information content (AvgIpc) is 2.75. The summed E-state index contributed by atoms with van der Waals surface area (Å²) in [6.45, 7) is 4.58. The largest absolute Gasteiger partial charge is 0.354 e. The van der Waals surface area contributed by atoms with Gasteiger partial charge in [0.2, 0.25) is 0 Å². The van der Waals surface area contributed by atoms with Crippen LogP contribution in [0, 0.1) is 25.2 Å². The van der Waals surface area contributed by atoms with Crippen LogP contribution < -0.4 is 4.90 Å². The molecule has 0 saturated carbocycles. The van der Waals surface area contributed by atoms with Gasteiger partial charge in [-0.1, -0.05) is 6.07 Å². The van der Waals surface area contributed by atoms with Crippen molar-refractivity contribution < 1.29 is 0 Å². The topological polar surface area (TPSA) is 52.8 Å². The van der Waals surface area contributed by atoms with Crippen molar-refractivity contribution in [3.63, 3.8) is 0 Å². The van der Waals surface area contributed by atoms with E-state index in [0.29, 0.717) is 12.2 Å². The van der Waals surface area contributed by atoms with Crippen molar-refractivity contribution in [2.24, 2.45) is 0 Å². The van der Waals surface area contributed by atoms with Gasteiger partial charge in [0.05, 0.1) is 17.2 Å². The summed E-state index contributed by atoms with van der Waals surface area (Å²) >= 11 is 1.64. The van der Waals surface area contributed by atoms with Crippen LogP contribution in [0.15, 0.2) is 17.5 Å². The zero-order chi connectivity index (χ0) is 13.1. The molecule has 0 atom stereocenters. The van der Waals surface area contributed by atoms with Crippen LogP contribution in [0.1, 0.15) is 22.0 Å². The molecule has 5 heteroatoms. The maximum absolute atomic E-state index is 8.98. The minimum absolute atomic E-state index is 0.480. The predicted octanol–water partition coefficient (Wildman–Crippen LogP) is 2.66. The van der Waals surface area contributed by atoms with E-state index < -0.39 is 0 Å². The van der Waals surface area contributed by atoms with Crippen molar-refractivity contribution >= 4 is 17.2 Å². The number of anilines is 1. The second kappa shape index (κ2) is 5.15. The van der Waals surface area contributed by atoms with E-state index in [9.17, 15) is 0 Å². The van der Waals surface area contributed by atoms with Gasteiger partial charge < -0.3 is 4.90 Å². The van der Waals surface area contributed by atoms with Gasteiger partial charge in [-0.15, -0.1) is 11.3 Å². The number of thiazole rings is 1. The van der Waals surface area contributed by atoms with E-state index in [4.69, 9.17) is 5.26 Å². The summed E-state index contributed by atoms with van der Waals surface area (Å²) in [5.74, 6) is 0.794. The molecule has 0 saturated heterocycles. The number of nitrogens with zero attached hydrogens (tertiary/aromatic N) is 4. The van der Waals surface area contributed by atoms with Crippen LogP contribution in [0.25, 0.3) is 0 Å². The zero-order valence-corrected chi connectivity index (χ0v) is 11.5. The molecule has 2 aromatic heterocycles. The molecule has 0 bridgehead atoms. The molecule has 92 valence electrons. The van der Waals surface area contributed by atoms with Crippen LogP contribution in [0.2, 0.25) is 0 Å². The molecule has 0 aliphatic carbocycles. The molecule has 2 heterocycles. The van der Waals surface area contributed by atoms with Crippen LogP contribution in [-0.4, -0.2) is 17.0 Å². The summed E-state index contributed by atoms with van der Waals surface area (Å²) in [6.07, 6.45) is 0. The lowest BCUT2D eigenvalue weighted by Gasteiger charge is -2.17. The molecule has 0 unspecified atom stereocenters. The lowest BCUT2D eigenvalue weighted by Crippen LogP contribution is -2.18. The number of aromatic nitrogens is 2. The van der Waals surface area contributed by atoms with E-state index in [1.807, 2.05) is 43.3 Å². The van der Waals surface area contributed by atoms with Crippen molar-refractivity contribution in [3.05, 3.63) is 39.5 Å². The molecule has 2 aromatic rings. The molecule has 0 aliphatic heterocycles. The van der Waals surface area contributed by atoms with E-state index in [0.717, 1.165) is 22.1 Å². The van der Waals surface area contributed by atoms with Gasteiger partial charge in [0.25, 0.3) is 0 Å². The Morgan fingerprint density at radius 1 is 1.33 bits per heavy atom. The van der Waals surface area contributed by atoms with Crippen molar-refractivity contribution in [3.8, 4) is 6.07 Å². The fraction of sp³-hybridized carbons (Fsp3) is 0.308. The monoisotopic (exact) mass is 258 g/mol. The third-order valence-electron chi connectivity index (χ3n) is 2.65. The maximum Gasteiger partial charge on any atom is 0.145 e. The second-order valence-electron chi connectivity index (χ2n) is 4.16. The molecule has 0 aromatic carbocycles. The molecule has 0 aliphatic rings. The van der Waals surface area contributed by atoms with Crippen molar-refractivity contribution in [1.29, 1.82) is 5.26 Å². The quantitative estimate of drug-likeness (QED) is 0.849. The molecular weight excluding hydrogens is 244 g/mol. The molecule has 0 amide bonds. The Morgan fingerprint density at radius 3 is 2.72 bits per heavy atom. The Labute approximate surface area is 111 Å². The highest BCUT2D eigenvalue weighted by Gasteiger charge is 2.08. The highest BCUT2D eigenvalue weighted by atomic mass is 32.1. The molecule has 0 fully saturated rings. The second-order valence-corrected chi connectivity index (χ2v) is 5.22. The molecule has 0 spiro atoms. The predicted molar refractivity (Wildman–Crippen MR) is 72.6 cm³/mol. The minimum atomic E-state index is 0.480. The first kappa shape index (κ1) is 12.5. The summed E-state index contributed by atoms with van der Waals surface area (Å²) in [4.78, 5) is 10.7. The molecule has 18 heavy (non-hydrogen) atoms. The molecule has 4 nitrogen and oxygen atoms in total. The van der Waals surface area contributed by atoms with E-state index in [1.54, 1.807) is 11.3 Å². The van der Waals surface area contributed by atoms with Gasteiger partial charge in [-0.05, 0) is 25.5 Å². The van der Waals surface area contributed by atoms with Crippen LogP contribution in [-0.2, 0) is 6.54 Å². The molecular formula is C13H14N4S. The first-order valence-corrected chi connectivity index (χ1v) is 6.48. The number of rotatable bonds is 3. The average molecular weight is 258 g/mol. The van der Waals surface area contributed by atoms with Gasteiger partial charge in [-0.3, -0.25) is 0 Å². The number of pyridine rings is 1. The Morgan fingerprint density at radius 2 is 2.11 bits per heavy atom. The number of hydrogen-bond donors (Lipinski definition) is 0. The van der Waals surface area contributed by atoms with Crippen molar-refractivity contribution in [1.82, 2.24) is 9.97 Å². The lowest BCUT2D eigenvalue weighted by atomic mass is 10.2. The van der Waals surface area contributed by atoms with E-state index in [1.165, 1.54) is 0 Å². The third kappa shape index (κ3) is 2.66. The first-order valence-electron chi connectivity index (χ1n) is 5.60. The number of hydrogen-bond acceptors (Lipinski definition) is 5. The van der Waals surface area contributed by atoms with Crippen molar-refractivity contribution in [2.75, 3.05) is 11.9 Å². The summed E-state index contributed by atoms with van der Waals surface area (Å²) in [6, 6.07) is 5.95. The Balaban J connectivity index is 2.19. The number of nitriles is 1. The Kier molecular flexibility index (Phi) is 3.58. The van der Waals surface area contributed by atoms with E-state index in [-0.39, 0.29) is 0 Å². The first-order chi connectivity index (χ1) is 8.60. The Hall–Kier alpha value is -1.93. The van der Waals surface area contributed by atoms with E-state index >= 15 is 0 Å². The zero-order valence-electron chi connectivity index (χ0n) is 10.6. The third-order valence-corrected chi connectivity index (χ3v) is 3.47. The summed E-state index contributed by atoms with van der Waals surface area (Å²) in [5, 5.41) is 12.1. The van der Waals surface area contributed by atoms with Gasteiger partial charge in [0.15, 0.2) is 0 Å². The smallest absolute Gasteiger partial charge is 0.145 e. The number of aryl methyl sites for hydroxylation is 2. The van der Waals surface area contributed by atoms with Crippen molar-refractivity contribution in [2.45, 2.75) is 20.4 Å². The van der Waals surface area contributed by atoms with E-state index in [2.05, 4.69) is 16.0 Å². The van der Waals surface area contributed by atoms with Gasteiger partial charge in [0, 0.05) is 12.4 Å². The fourth-order valence-corrected chi connectivity index (χ4v) is 2.25. The van der Waals surface area contributed by atoms with Gasteiger partial charge in [-0.2, -0.15) is 5.26 Å². The Bertz CT molecular complexity index is 597. The summed E-state index contributed by atoms with van der Waals surface area (Å²) in [7, 11) is 1.95. The SMILES string of the molecule is Cc1nc(CN(C)c2ccc(C)c(C#N)n2)cs1. The summed E-state index contributed by atoms with van der Waals surface area (Å²) in [5.41, 5.74) is 2.41. The highest BCUT2D eigenvalue weighted by Crippen LogP contribution is 2.16. The van der Waals surface area contributed by atoms with Gasteiger partial charge >= 0.3 is 0 Å². The van der Waals surface area contributed by atoms with Crippen LogP contribution >= 0.6 is 11.3 Å². The fourth-order valence-electron chi connectivity index (χ4n) is 1.65. The van der Waals surface area contributed by atoms with Gasteiger partial charge in [-0.25, -0.2) is 9.97 Å². The van der Waals surface area contributed by atoms with Crippen LogP contribution in [0.5, 0.6) is 0 Å². The highest BCUT2D eigenvalue weighted by molar-refractivity contribution is 7.09. The lowest BCUT2D eigenvalue weighted by molar-refractivity contribution is 0.867. The normalized spacial score (nSPS) is 10.1. The summed E-state index contributed by atoms with van der Waals surface area (Å²) < 4.78 is 0. The maximum atomic E-state index is 8.98. The van der Waals surface area contributed by atoms with Crippen LogP contribution in [0.3, 0.4) is 0 Å². The molecule has 0 radical (unpaired) electrons. The minimum Gasteiger partial charge on any atom is -0.354 e. The van der Waals surface area contributed by atoms with Crippen LogP contribution in [0.4, 0.5) is 5.82 Å². The molecule has 0 N–H and O–H groups in total.